The van der Waals surface area contributed by atoms with Crippen molar-refractivity contribution in [3.63, 3.8) is 0 Å². The molecule has 3 N–H and O–H groups in total. The number of aliphatic hydroxyl groups is 1. The summed E-state index contributed by atoms with van der Waals surface area (Å²) in [4.78, 5) is 0. The van der Waals surface area contributed by atoms with Gasteiger partial charge in [-0.05, 0) is 45.8 Å². The lowest BCUT2D eigenvalue weighted by Gasteiger charge is -2.20. The zero-order valence-electron chi connectivity index (χ0n) is 9.51. The van der Waals surface area contributed by atoms with Crippen molar-refractivity contribution in [2.24, 2.45) is 5.73 Å². The SMILES string of the molecule is NCC(c1cccc(Cl)c1)C(O)c1ccc(Br)o1. The van der Waals surface area contributed by atoms with E-state index in [2.05, 4.69) is 15.9 Å². The van der Waals surface area contributed by atoms with E-state index in [1.165, 1.54) is 0 Å². The maximum Gasteiger partial charge on any atom is 0.169 e. The first-order valence-electron chi connectivity index (χ1n) is 5.50. The van der Waals surface area contributed by atoms with Crippen LogP contribution in [-0.2, 0) is 0 Å². The van der Waals surface area contributed by atoms with Gasteiger partial charge >= 0.3 is 0 Å². The molecule has 5 heteroatoms. The van der Waals surface area contributed by atoms with E-state index >= 15 is 0 Å². The number of hydrogen-bond acceptors (Lipinski definition) is 3. The first-order valence-corrected chi connectivity index (χ1v) is 6.67. The second-order valence-electron chi connectivity index (χ2n) is 3.98. The molecule has 0 spiro atoms. The van der Waals surface area contributed by atoms with Crippen molar-refractivity contribution in [1.82, 2.24) is 0 Å². The van der Waals surface area contributed by atoms with Gasteiger partial charge in [-0.2, -0.15) is 0 Å². The molecule has 1 heterocycles. The molecule has 1 aromatic carbocycles. The third kappa shape index (κ3) is 2.95. The van der Waals surface area contributed by atoms with Crippen LogP contribution < -0.4 is 5.73 Å². The van der Waals surface area contributed by atoms with Crippen molar-refractivity contribution in [3.05, 3.63) is 57.4 Å². The summed E-state index contributed by atoms with van der Waals surface area (Å²) in [6.45, 7) is 0.305. The number of nitrogens with two attached hydrogens (primary N) is 1. The van der Waals surface area contributed by atoms with E-state index in [0.717, 1.165) is 5.56 Å². The van der Waals surface area contributed by atoms with Crippen molar-refractivity contribution < 1.29 is 9.52 Å². The smallest absolute Gasteiger partial charge is 0.169 e. The van der Waals surface area contributed by atoms with Crippen LogP contribution in [0.15, 0.2) is 45.5 Å². The van der Waals surface area contributed by atoms with Crippen molar-refractivity contribution in [2.45, 2.75) is 12.0 Å². The Morgan fingerprint density at radius 3 is 2.67 bits per heavy atom. The van der Waals surface area contributed by atoms with Gasteiger partial charge in [0.1, 0.15) is 11.9 Å². The summed E-state index contributed by atoms with van der Waals surface area (Å²) in [6.07, 6.45) is -0.792. The number of benzene rings is 1. The Labute approximate surface area is 119 Å². The molecule has 0 aliphatic rings. The second kappa shape index (κ2) is 5.89. The Balaban J connectivity index is 2.28. The van der Waals surface area contributed by atoms with Gasteiger partial charge < -0.3 is 15.3 Å². The topological polar surface area (TPSA) is 59.4 Å². The molecule has 1 aromatic heterocycles. The Bertz CT molecular complexity index is 529. The van der Waals surface area contributed by atoms with E-state index in [9.17, 15) is 5.11 Å². The molecule has 2 rings (SSSR count). The van der Waals surface area contributed by atoms with Crippen molar-refractivity contribution in [1.29, 1.82) is 0 Å². The highest BCUT2D eigenvalue weighted by atomic mass is 79.9. The summed E-state index contributed by atoms with van der Waals surface area (Å²) in [7, 11) is 0. The minimum atomic E-state index is -0.792. The van der Waals surface area contributed by atoms with E-state index in [0.29, 0.717) is 22.0 Å². The van der Waals surface area contributed by atoms with Crippen LogP contribution in [0.5, 0.6) is 0 Å². The van der Waals surface area contributed by atoms with Crippen molar-refractivity contribution >= 4 is 27.5 Å². The largest absolute Gasteiger partial charge is 0.452 e. The molecular formula is C13H13BrClNO2. The fourth-order valence-electron chi connectivity index (χ4n) is 1.87. The quantitative estimate of drug-likeness (QED) is 0.902. The summed E-state index contributed by atoms with van der Waals surface area (Å²) in [5, 5.41) is 10.9. The van der Waals surface area contributed by atoms with Gasteiger partial charge in [0.05, 0.1) is 0 Å². The summed E-state index contributed by atoms with van der Waals surface area (Å²) in [5.74, 6) is 0.235. The minimum Gasteiger partial charge on any atom is -0.452 e. The molecule has 18 heavy (non-hydrogen) atoms. The van der Waals surface area contributed by atoms with Gasteiger partial charge in [-0.25, -0.2) is 0 Å². The zero-order chi connectivity index (χ0) is 13.1. The molecule has 2 aromatic rings. The highest BCUT2D eigenvalue weighted by Gasteiger charge is 2.24. The highest BCUT2D eigenvalue weighted by Crippen LogP contribution is 2.33. The molecule has 2 unspecified atom stereocenters. The van der Waals surface area contributed by atoms with Gasteiger partial charge in [0.2, 0.25) is 0 Å². The lowest BCUT2D eigenvalue weighted by Crippen LogP contribution is -2.19. The number of aliphatic hydroxyl groups excluding tert-OH is 1. The second-order valence-corrected chi connectivity index (χ2v) is 5.20. The molecule has 0 aliphatic heterocycles. The van der Waals surface area contributed by atoms with E-state index in [4.69, 9.17) is 21.8 Å². The van der Waals surface area contributed by atoms with E-state index in [-0.39, 0.29) is 5.92 Å². The van der Waals surface area contributed by atoms with Gasteiger partial charge in [-0.3, -0.25) is 0 Å². The molecule has 3 nitrogen and oxygen atoms in total. The maximum absolute atomic E-state index is 10.3. The Morgan fingerprint density at radius 1 is 1.33 bits per heavy atom. The third-order valence-electron chi connectivity index (χ3n) is 2.80. The van der Waals surface area contributed by atoms with E-state index < -0.39 is 6.10 Å². The Kier molecular flexibility index (Phi) is 4.45. The Morgan fingerprint density at radius 2 is 2.11 bits per heavy atom. The molecule has 2 atom stereocenters. The van der Waals surface area contributed by atoms with Crippen LogP contribution in [0.2, 0.25) is 5.02 Å². The molecule has 0 fully saturated rings. The van der Waals surface area contributed by atoms with Crippen LogP contribution in [0.1, 0.15) is 23.3 Å². The number of rotatable bonds is 4. The molecule has 0 saturated carbocycles. The fourth-order valence-corrected chi connectivity index (χ4v) is 2.39. The third-order valence-corrected chi connectivity index (χ3v) is 3.46. The van der Waals surface area contributed by atoms with Crippen LogP contribution in [0.4, 0.5) is 0 Å². The van der Waals surface area contributed by atoms with E-state index in [1.807, 2.05) is 12.1 Å². The van der Waals surface area contributed by atoms with Crippen LogP contribution >= 0.6 is 27.5 Å². The first kappa shape index (κ1) is 13.6. The lowest BCUT2D eigenvalue weighted by atomic mass is 9.92. The van der Waals surface area contributed by atoms with Gasteiger partial charge in [0, 0.05) is 17.5 Å². The molecule has 0 aliphatic carbocycles. The summed E-state index contributed by atoms with van der Waals surface area (Å²) < 4.78 is 5.94. The predicted molar refractivity (Wildman–Crippen MR) is 74.6 cm³/mol. The summed E-state index contributed by atoms with van der Waals surface area (Å²) >= 11 is 9.16. The number of halogens is 2. The fraction of sp³-hybridized carbons (Fsp3) is 0.231. The van der Waals surface area contributed by atoms with Crippen molar-refractivity contribution in [2.75, 3.05) is 6.54 Å². The average molecular weight is 331 g/mol. The normalized spacial score (nSPS) is 14.4. The van der Waals surface area contributed by atoms with Gasteiger partial charge in [0.15, 0.2) is 4.67 Å². The number of hydrogen-bond donors (Lipinski definition) is 2. The van der Waals surface area contributed by atoms with Crippen LogP contribution in [0.25, 0.3) is 0 Å². The van der Waals surface area contributed by atoms with Crippen LogP contribution in [0.3, 0.4) is 0 Å². The van der Waals surface area contributed by atoms with Gasteiger partial charge in [-0.1, -0.05) is 23.7 Å². The first-order chi connectivity index (χ1) is 8.61. The number of furan rings is 1. The standard InChI is InChI=1S/C13H13BrClNO2/c14-12-5-4-11(18-12)13(17)10(7-16)8-2-1-3-9(15)6-8/h1-6,10,13,17H,7,16H2. The van der Waals surface area contributed by atoms with Crippen LogP contribution in [-0.4, -0.2) is 11.7 Å². The highest BCUT2D eigenvalue weighted by molar-refractivity contribution is 9.10. The molecule has 0 radical (unpaired) electrons. The zero-order valence-corrected chi connectivity index (χ0v) is 11.9. The van der Waals surface area contributed by atoms with Gasteiger partial charge in [0.25, 0.3) is 0 Å². The predicted octanol–water partition coefficient (Wildman–Crippen LogP) is 3.47. The van der Waals surface area contributed by atoms with Gasteiger partial charge in [-0.15, -0.1) is 0 Å². The molecular weight excluding hydrogens is 318 g/mol. The average Bonchev–Trinajstić information content (AvgIpc) is 2.77. The molecule has 96 valence electrons. The summed E-state index contributed by atoms with van der Waals surface area (Å²) in [6, 6.07) is 10.8. The van der Waals surface area contributed by atoms with E-state index in [1.54, 1.807) is 24.3 Å². The Hall–Kier alpha value is -0.810. The maximum atomic E-state index is 10.3. The monoisotopic (exact) mass is 329 g/mol. The summed E-state index contributed by atoms with van der Waals surface area (Å²) in [5.41, 5.74) is 6.64. The molecule has 0 amide bonds. The molecule has 0 bridgehead atoms. The molecule has 0 saturated heterocycles. The van der Waals surface area contributed by atoms with Crippen LogP contribution in [0, 0.1) is 0 Å². The lowest BCUT2D eigenvalue weighted by molar-refractivity contribution is 0.120. The van der Waals surface area contributed by atoms with Crippen molar-refractivity contribution in [3.8, 4) is 0 Å². The minimum absolute atomic E-state index is 0.248.